The first-order chi connectivity index (χ1) is 15.0. The Morgan fingerprint density at radius 2 is 1.97 bits per heavy atom. The van der Waals surface area contributed by atoms with E-state index in [1.165, 1.54) is 0 Å². The molecule has 2 aliphatic heterocycles. The van der Waals surface area contributed by atoms with Crippen LogP contribution in [0.2, 0.25) is 0 Å². The molecule has 0 saturated carbocycles. The highest BCUT2D eigenvalue weighted by Crippen LogP contribution is 2.35. The number of aryl methyl sites for hydroxylation is 1. The molecule has 1 aromatic heterocycles. The molecule has 0 aliphatic carbocycles. The Bertz CT molecular complexity index is 1130. The van der Waals surface area contributed by atoms with Crippen molar-refractivity contribution in [3.8, 4) is 22.6 Å². The molecule has 0 radical (unpaired) electrons. The number of amides is 1. The third-order valence-corrected chi connectivity index (χ3v) is 6.19. The van der Waals surface area contributed by atoms with Gasteiger partial charge in [0.1, 0.15) is 17.6 Å². The number of fused-ring (bicyclic) bond motifs is 2. The number of likely N-dealkylation sites (N-methyl/N-ethyl adjacent to an activating group) is 1. The Morgan fingerprint density at radius 1 is 1.13 bits per heavy atom. The number of nitrogens with zero attached hydrogens (tertiary/aromatic N) is 4. The van der Waals surface area contributed by atoms with Gasteiger partial charge >= 0.3 is 0 Å². The molecule has 1 amide bonds. The Labute approximate surface area is 181 Å². The molecule has 0 spiro atoms. The Hall–Kier alpha value is -3.32. The van der Waals surface area contributed by atoms with Crippen LogP contribution in [0.5, 0.6) is 11.5 Å². The molecule has 5 rings (SSSR count). The van der Waals surface area contributed by atoms with E-state index in [4.69, 9.17) is 9.47 Å². The van der Waals surface area contributed by atoms with Crippen LogP contribution < -0.4 is 9.47 Å². The van der Waals surface area contributed by atoms with E-state index < -0.39 is 0 Å². The van der Waals surface area contributed by atoms with Gasteiger partial charge in [-0.25, -0.2) is 0 Å². The average Bonchev–Trinajstić information content (AvgIpc) is 3.36. The van der Waals surface area contributed by atoms with E-state index in [-0.39, 0.29) is 18.1 Å². The number of carbonyl (C=O) groups excluding carboxylic acids is 1. The second-order valence-corrected chi connectivity index (χ2v) is 8.30. The highest BCUT2D eigenvalue weighted by molar-refractivity contribution is 5.98. The molecule has 160 valence electrons. The molecule has 2 aromatic carbocycles. The summed E-state index contributed by atoms with van der Waals surface area (Å²) in [7, 11) is 5.46. The molecular formula is C24H26N4O3. The van der Waals surface area contributed by atoms with E-state index in [9.17, 15) is 4.79 Å². The number of likely N-dealkylation sites (tertiary alicyclic amines) is 1. The standard InChI is InChI=1S/C24H26N4O3/c1-26-12-16(11-25-26)13-28-14-21-23(15-28)31-22-10-18(7-8-20(22)24(29)27(21)2)17-5-4-6-19(9-17)30-3/h4-12,21,23H,13-15H2,1-3H3. The van der Waals surface area contributed by atoms with Crippen molar-refractivity contribution in [1.82, 2.24) is 19.6 Å². The van der Waals surface area contributed by atoms with Crippen LogP contribution in [0.25, 0.3) is 11.1 Å². The predicted octanol–water partition coefficient (Wildman–Crippen LogP) is 2.81. The monoisotopic (exact) mass is 418 g/mol. The third kappa shape index (κ3) is 3.65. The number of methoxy groups -OCH3 is 1. The van der Waals surface area contributed by atoms with Crippen LogP contribution in [0.15, 0.2) is 54.9 Å². The summed E-state index contributed by atoms with van der Waals surface area (Å²) in [6, 6.07) is 13.7. The maximum Gasteiger partial charge on any atom is 0.257 e. The molecule has 31 heavy (non-hydrogen) atoms. The molecule has 0 N–H and O–H groups in total. The summed E-state index contributed by atoms with van der Waals surface area (Å²) in [5.74, 6) is 1.45. The minimum absolute atomic E-state index is 0.00270. The topological polar surface area (TPSA) is 59.8 Å². The highest BCUT2D eigenvalue weighted by Gasteiger charge is 2.42. The van der Waals surface area contributed by atoms with Gasteiger partial charge < -0.3 is 14.4 Å². The van der Waals surface area contributed by atoms with E-state index in [1.807, 2.05) is 78.5 Å². The van der Waals surface area contributed by atoms with E-state index >= 15 is 0 Å². The molecule has 2 aliphatic rings. The van der Waals surface area contributed by atoms with Gasteiger partial charge in [0.2, 0.25) is 0 Å². The van der Waals surface area contributed by atoms with Gasteiger partial charge in [-0.2, -0.15) is 5.10 Å². The average molecular weight is 418 g/mol. The molecule has 3 heterocycles. The van der Waals surface area contributed by atoms with Crippen LogP contribution in [-0.4, -0.2) is 64.9 Å². The molecule has 2 atom stereocenters. The van der Waals surface area contributed by atoms with Crippen molar-refractivity contribution in [3.63, 3.8) is 0 Å². The summed E-state index contributed by atoms with van der Waals surface area (Å²) >= 11 is 0. The molecular weight excluding hydrogens is 392 g/mol. The largest absolute Gasteiger partial charge is 0.497 e. The molecule has 1 saturated heterocycles. The number of aromatic nitrogens is 2. The van der Waals surface area contributed by atoms with Crippen LogP contribution in [0, 0.1) is 0 Å². The van der Waals surface area contributed by atoms with Gasteiger partial charge in [-0.15, -0.1) is 0 Å². The molecule has 1 fully saturated rings. The van der Waals surface area contributed by atoms with Crippen LogP contribution in [0.1, 0.15) is 15.9 Å². The second-order valence-electron chi connectivity index (χ2n) is 8.30. The zero-order valence-corrected chi connectivity index (χ0v) is 18.0. The van der Waals surface area contributed by atoms with E-state index in [0.717, 1.165) is 42.1 Å². The van der Waals surface area contributed by atoms with Crippen LogP contribution in [-0.2, 0) is 13.6 Å². The van der Waals surface area contributed by atoms with E-state index in [2.05, 4.69) is 10.00 Å². The molecule has 0 bridgehead atoms. The lowest BCUT2D eigenvalue weighted by Crippen LogP contribution is -2.44. The fourth-order valence-electron chi connectivity index (χ4n) is 4.54. The van der Waals surface area contributed by atoms with Gasteiger partial charge in [-0.05, 0) is 35.4 Å². The van der Waals surface area contributed by atoms with Gasteiger partial charge in [-0.3, -0.25) is 14.4 Å². The number of ether oxygens (including phenoxy) is 2. The van der Waals surface area contributed by atoms with Crippen molar-refractivity contribution < 1.29 is 14.3 Å². The summed E-state index contributed by atoms with van der Waals surface area (Å²) in [4.78, 5) is 17.4. The fourth-order valence-corrected chi connectivity index (χ4v) is 4.54. The summed E-state index contributed by atoms with van der Waals surface area (Å²) in [5.41, 5.74) is 3.80. The van der Waals surface area contributed by atoms with Crippen molar-refractivity contribution in [3.05, 3.63) is 66.0 Å². The zero-order valence-electron chi connectivity index (χ0n) is 18.0. The number of hydrogen-bond donors (Lipinski definition) is 0. The maximum atomic E-state index is 13.2. The third-order valence-electron chi connectivity index (χ3n) is 6.19. The molecule has 7 nitrogen and oxygen atoms in total. The predicted molar refractivity (Wildman–Crippen MR) is 117 cm³/mol. The first-order valence-corrected chi connectivity index (χ1v) is 10.4. The van der Waals surface area contributed by atoms with Gasteiger partial charge in [-0.1, -0.05) is 18.2 Å². The summed E-state index contributed by atoms with van der Waals surface area (Å²) in [6.45, 7) is 2.33. The smallest absolute Gasteiger partial charge is 0.257 e. The fraction of sp³-hybridized carbons (Fsp3) is 0.333. The van der Waals surface area contributed by atoms with Crippen molar-refractivity contribution in [2.24, 2.45) is 7.05 Å². The Morgan fingerprint density at radius 3 is 2.74 bits per heavy atom. The SMILES string of the molecule is COc1cccc(-c2ccc3c(c2)OC2CN(Cc4cnn(C)c4)CC2N(C)C3=O)c1. The van der Waals surface area contributed by atoms with Crippen LogP contribution >= 0.6 is 0 Å². The van der Waals surface area contributed by atoms with Gasteiger partial charge in [0.05, 0.1) is 24.9 Å². The normalized spacial score (nSPS) is 20.7. The maximum absolute atomic E-state index is 13.2. The van der Waals surface area contributed by atoms with E-state index in [1.54, 1.807) is 7.11 Å². The summed E-state index contributed by atoms with van der Waals surface area (Å²) in [6.07, 6.45) is 3.84. The Balaban J connectivity index is 1.42. The van der Waals surface area contributed by atoms with Crippen molar-refractivity contribution in [2.75, 3.05) is 27.2 Å². The quantitative estimate of drug-likeness (QED) is 0.652. The van der Waals surface area contributed by atoms with Gasteiger partial charge in [0.15, 0.2) is 0 Å². The molecule has 3 aromatic rings. The summed E-state index contributed by atoms with van der Waals surface area (Å²) in [5, 5.41) is 4.26. The number of rotatable bonds is 4. The number of hydrogen-bond acceptors (Lipinski definition) is 5. The van der Waals surface area contributed by atoms with Gasteiger partial charge in [0.25, 0.3) is 5.91 Å². The van der Waals surface area contributed by atoms with E-state index in [0.29, 0.717) is 11.3 Å². The first-order valence-electron chi connectivity index (χ1n) is 10.4. The lowest BCUT2D eigenvalue weighted by Gasteiger charge is -2.25. The first kappa shape index (κ1) is 19.6. The lowest BCUT2D eigenvalue weighted by atomic mass is 10.0. The zero-order chi connectivity index (χ0) is 21.5. The molecule has 7 heteroatoms. The molecule has 2 unspecified atom stereocenters. The lowest BCUT2D eigenvalue weighted by molar-refractivity contribution is 0.0682. The highest BCUT2D eigenvalue weighted by atomic mass is 16.5. The Kier molecular flexibility index (Phi) is 4.90. The second kappa shape index (κ2) is 7.74. The van der Waals surface area contributed by atoms with Crippen LogP contribution in [0.4, 0.5) is 0 Å². The minimum atomic E-state index is -0.0765. The number of benzene rings is 2. The van der Waals surface area contributed by atoms with Gasteiger partial charge in [0, 0.05) is 45.5 Å². The minimum Gasteiger partial charge on any atom is -0.497 e. The summed E-state index contributed by atoms with van der Waals surface area (Å²) < 4.78 is 13.6. The van der Waals surface area contributed by atoms with Crippen molar-refractivity contribution in [1.29, 1.82) is 0 Å². The van der Waals surface area contributed by atoms with Crippen molar-refractivity contribution in [2.45, 2.75) is 18.7 Å². The van der Waals surface area contributed by atoms with Crippen LogP contribution in [0.3, 0.4) is 0 Å². The van der Waals surface area contributed by atoms with Crippen molar-refractivity contribution >= 4 is 5.91 Å². The number of carbonyl (C=O) groups is 1.